The van der Waals surface area contributed by atoms with Gasteiger partial charge in [-0.2, -0.15) is 0 Å². The lowest BCUT2D eigenvalue weighted by atomic mass is 10.1. The van der Waals surface area contributed by atoms with Gasteiger partial charge < -0.3 is 19.6 Å². The van der Waals surface area contributed by atoms with Crippen LogP contribution in [0.2, 0.25) is 0 Å². The molecule has 0 radical (unpaired) electrons. The maximum absolute atomic E-state index is 12.0. The Hall–Kier alpha value is -2.27. The summed E-state index contributed by atoms with van der Waals surface area (Å²) in [6.45, 7) is 3.64. The topological polar surface area (TPSA) is 71.7 Å². The number of aryl methyl sites for hydroxylation is 2. The molecule has 5 heteroatoms. The van der Waals surface area contributed by atoms with E-state index in [0.29, 0.717) is 28.4 Å². The number of carbonyl (C=O) groups excluding carboxylic acids is 1. The molecule has 1 aromatic carbocycles. The third kappa shape index (κ3) is 3.64. The first kappa shape index (κ1) is 15.1. The molecule has 1 aromatic heterocycles. The van der Waals surface area contributed by atoms with Crippen LogP contribution in [-0.2, 0) is 0 Å². The number of hydrogen-bond donors (Lipinski definition) is 2. The van der Waals surface area contributed by atoms with Crippen molar-refractivity contribution >= 4 is 5.91 Å². The van der Waals surface area contributed by atoms with Crippen LogP contribution in [0.15, 0.2) is 34.7 Å². The second-order valence-corrected chi connectivity index (χ2v) is 4.83. The molecule has 1 unspecified atom stereocenters. The van der Waals surface area contributed by atoms with Gasteiger partial charge in [0.15, 0.2) is 0 Å². The van der Waals surface area contributed by atoms with Gasteiger partial charge in [0.1, 0.15) is 17.3 Å². The van der Waals surface area contributed by atoms with Crippen LogP contribution in [0.5, 0.6) is 5.75 Å². The molecule has 0 aliphatic rings. The quantitative estimate of drug-likeness (QED) is 0.886. The zero-order chi connectivity index (χ0) is 15.4. The number of furan rings is 1. The number of aliphatic hydroxyl groups is 1. The third-order valence-corrected chi connectivity index (χ3v) is 3.22. The van der Waals surface area contributed by atoms with Crippen LogP contribution in [0.1, 0.15) is 33.5 Å². The van der Waals surface area contributed by atoms with E-state index < -0.39 is 6.10 Å². The normalized spacial score (nSPS) is 12.0. The van der Waals surface area contributed by atoms with Crippen LogP contribution >= 0.6 is 0 Å². The van der Waals surface area contributed by atoms with E-state index in [-0.39, 0.29) is 12.5 Å². The number of carbonyl (C=O) groups is 1. The molecule has 0 spiro atoms. The number of benzene rings is 1. The van der Waals surface area contributed by atoms with E-state index in [4.69, 9.17) is 9.15 Å². The Morgan fingerprint density at radius 1 is 1.38 bits per heavy atom. The Morgan fingerprint density at radius 3 is 2.76 bits per heavy atom. The van der Waals surface area contributed by atoms with Crippen molar-refractivity contribution in [3.05, 3.63) is 53.0 Å². The SMILES string of the molecule is COc1cccc(C(O)CNC(=O)c2cc(C)oc2C)c1. The van der Waals surface area contributed by atoms with Crippen molar-refractivity contribution in [2.24, 2.45) is 0 Å². The highest BCUT2D eigenvalue weighted by Crippen LogP contribution is 2.19. The van der Waals surface area contributed by atoms with Gasteiger partial charge in [-0.1, -0.05) is 12.1 Å². The Bertz CT molecular complexity index is 633. The highest BCUT2D eigenvalue weighted by Gasteiger charge is 2.15. The number of rotatable bonds is 5. The molecule has 112 valence electrons. The molecule has 5 nitrogen and oxygen atoms in total. The van der Waals surface area contributed by atoms with Crippen molar-refractivity contribution in [2.45, 2.75) is 20.0 Å². The number of amides is 1. The largest absolute Gasteiger partial charge is 0.497 e. The lowest BCUT2D eigenvalue weighted by Crippen LogP contribution is -2.28. The Balaban J connectivity index is 1.98. The fourth-order valence-corrected chi connectivity index (χ4v) is 2.11. The average Bonchev–Trinajstić information content (AvgIpc) is 2.83. The Morgan fingerprint density at radius 2 is 2.14 bits per heavy atom. The first-order chi connectivity index (χ1) is 10.0. The highest BCUT2D eigenvalue weighted by molar-refractivity contribution is 5.95. The minimum atomic E-state index is -0.794. The van der Waals surface area contributed by atoms with Gasteiger partial charge in [-0.25, -0.2) is 0 Å². The minimum absolute atomic E-state index is 0.121. The minimum Gasteiger partial charge on any atom is -0.497 e. The van der Waals surface area contributed by atoms with Crippen LogP contribution in [0, 0.1) is 13.8 Å². The number of hydrogen-bond acceptors (Lipinski definition) is 4. The predicted molar refractivity (Wildman–Crippen MR) is 78.5 cm³/mol. The van der Waals surface area contributed by atoms with Gasteiger partial charge in [0, 0.05) is 6.54 Å². The molecule has 0 saturated heterocycles. The summed E-state index contributed by atoms with van der Waals surface area (Å²) < 4.78 is 10.4. The average molecular weight is 289 g/mol. The van der Waals surface area contributed by atoms with Gasteiger partial charge in [0.05, 0.1) is 18.8 Å². The van der Waals surface area contributed by atoms with Crippen molar-refractivity contribution in [3.8, 4) is 5.75 Å². The lowest BCUT2D eigenvalue weighted by Gasteiger charge is -2.13. The molecule has 21 heavy (non-hydrogen) atoms. The third-order valence-electron chi connectivity index (χ3n) is 3.22. The van der Waals surface area contributed by atoms with Crippen molar-refractivity contribution in [1.29, 1.82) is 0 Å². The van der Waals surface area contributed by atoms with Crippen molar-refractivity contribution < 1.29 is 19.1 Å². The first-order valence-corrected chi connectivity index (χ1v) is 6.68. The number of ether oxygens (including phenoxy) is 1. The van der Waals surface area contributed by atoms with E-state index >= 15 is 0 Å². The molecule has 1 heterocycles. The number of aliphatic hydroxyl groups excluding tert-OH is 1. The van der Waals surface area contributed by atoms with Gasteiger partial charge in [0.25, 0.3) is 5.91 Å². The standard InChI is InChI=1S/C16H19NO4/c1-10-7-14(11(2)21-10)16(19)17-9-15(18)12-5-4-6-13(8-12)20-3/h4-8,15,18H,9H2,1-3H3,(H,17,19). The fraction of sp³-hybridized carbons (Fsp3) is 0.312. The van der Waals surface area contributed by atoms with E-state index in [1.54, 1.807) is 51.3 Å². The second-order valence-electron chi connectivity index (χ2n) is 4.83. The van der Waals surface area contributed by atoms with Crippen molar-refractivity contribution in [3.63, 3.8) is 0 Å². The van der Waals surface area contributed by atoms with Gasteiger partial charge in [0.2, 0.25) is 0 Å². The number of methoxy groups -OCH3 is 1. The zero-order valence-corrected chi connectivity index (χ0v) is 12.3. The van der Waals surface area contributed by atoms with Crippen LogP contribution in [0.25, 0.3) is 0 Å². The van der Waals surface area contributed by atoms with Crippen LogP contribution < -0.4 is 10.1 Å². The molecule has 0 saturated carbocycles. The van der Waals surface area contributed by atoms with E-state index in [1.807, 2.05) is 0 Å². The fourth-order valence-electron chi connectivity index (χ4n) is 2.11. The summed E-state index contributed by atoms with van der Waals surface area (Å²) in [6, 6.07) is 8.80. The molecule has 0 aliphatic carbocycles. The Labute approximate surface area is 123 Å². The summed E-state index contributed by atoms with van der Waals surface area (Å²) in [6.07, 6.45) is -0.794. The van der Waals surface area contributed by atoms with E-state index in [2.05, 4.69) is 5.32 Å². The summed E-state index contributed by atoms with van der Waals surface area (Å²) in [5, 5.41) is 12.8. The molecular formula is C16H19NO4. The maximum Gasteiger partial charge on any atom is 0.254 e. The second kappa shape index (κ2) is 6.45. The molecule has 2 rings (SSSR count). The van der Waals surface area contributed by atoms with E-state index in [1.165, 1.54) is 0 Å². The van der Waals surface area contributed by atoms with E-state index in [9.17, 15) is 9.90 Å². The summed E-state index contributed by atoms with van der Waals surface area (Å²) in [5.41, 5.74) is 1.18. The molecule has 0 aliphatic heterocycles. The number of nitrogens with one attached hydrogen (secondary N) is 1. The van der Waals surface area contributed by atoms with Crippen molar-refractivity contribution in [1.82, 2.24) is 5.32 Å². The highest BCUT2D eigenvalue weighted by atomic mass is 16.5. The zero-order valence-electron chi connectivity index (χ0n) is 12.3. The van der Waals surface area contributed by atoms with Gasteiger partial charge in [-0.15, -0.1) is 0 Å². The van der Waals surface area contributed by atoms with E-state index in [0.717, 1.165) is 0 Å². The molecule has 0 bridgehead atoms. The summed E-state index contributed by atoms with van der Waals surface area (Å²) in [5.74, 6) is 1.66. The maximum atomic E-state index is 12.0. The smallest absolute Gasteiger partial charge is 0.254 e. The first-order valence-electron chi connectivity index (χ1n) is 6.68. The summed E-state index contributed by atoms with van der Waals surface area (Å²) >= 11 is 0. The van der Waals surface area contributed by atoms with Crippen LogP contribution in [0.4, 0.5) is 0 Å². The Kier molecular flexibility index (Phi) is 4.65. The van der Waals surface area contributed by atoms with Crippen LogP contribution in [0.3, 0.4) is 0 Å². The molecule has 1 amide bonds. The predicted octanol–water partition coefficient (Wildman–Crippen LogP) is 2.37. The van der Waals surface area contributed by atoms with Gasteiger partial charge in [-0.3, -0.25) is 4.79 Å². The molecule has 2 aromatic rings. The lowest BCUT2D eigenvalue weighted by molar-refractivity contribution is 0.0914. The summed E-state index contributed by atoms with van der Waals surface area (Å²) in [7, 11) is 1.57. The van der Waals surface area contributed by atoms with Gasteiger partial charge in [-0.05, 0) is 37.6 Å². The molecule has 2 N–H and O–H groups in total. The van der Waals surface area contributed by atoms with Crippen LogP contribution in [-0.4, -0.2) is 24.7 Å². The molecule has 0 fully saturated rings. The molecular weight excluding hydrogens is 270 g/mol. The molecule has 1 atom stereocenters. The monoisotopic (exact) mass is 289 g/mol. The van der Waals surface area contributed by atoms with Gasteiger partial charge >= 0.3 is 0 Å². The van der Waals surface area contributed by atoms with Crippen molar-refractivity contribution in [2.75, 3.05) is 13.7 Å². The summed E-state index contributed by atoms with van der Waals surface area (Å²) in [4.78, 5) is 12.0.